The summed E-state index contributed by atoms with van der Waals surface area (Å²) in [7, 11) is 0. The average molecular weight is 556 g/mol. The van der Waals surface area contributed by atoms with Crippen LogP contribution in [0.2, 0.25) is 0 Å². The van der Waals surface area contributed by atoms with Crippen molar-refractivity contribution in [3.8, 4) is 0 Å². The summed E-state index contributed by atoms with van der Waals surface area (Å²) >= 11 is 0. The van der Waals surface area contributed by atoms with E-state index in [9.17, 15) is 28.8 Å². The number of nitrogens with zero attached hydrogens (tertiary/aromatic N) is 2. The van der Waals surface area contributed by atoms with Crippen LogP contribution in [-0.4, -0.2) is 45.7 Å². The Morgan fingerprint density at radius 2 is 0.714 bits per heavy atom. The molecule has 0 atom stereocenters. The molecule has 10 nitrogen and oxygen atoms in total. The van der Waals surface area contributed by atoms with Crippen LogP contribution in [0, 0.1) is 0 Å². The number of amides is 4. The number of benzene rings is 5. The van der Waals surface area contributed by atoms with Crippen molar-refractivity contribution >= 4 is 57.1 Å². The van der Waals surface area contributed by atoms with Gasteiger partial charge >= 0.3 is 11.9 Å². The van der Waals surface area contributed by atoms with E-state index in [1.165, 1.54) is 24.3 Å². The second-order valence-electron chi connectivity index (χ2n) is 9.56. The van der Waals surface area contributed by atoms with Crippen LogP contribution in [0.4, 0.5) is 0 Å². The van der Waals surface area contributed by atoms with Gasteiger partial charge in [0.25, 0.3) is 23.6 Å². The van der Waals surface area contributed by atoms with Crippen molar-refractivity contribution in [3.05, 3.63) is 130 Å². The number of hydrogen-bond acceptors (Lipinski definition) is 8. The summed E-state index contributed by atoms with van der Waals surface area (Å²) in [5.74, 6) is -5.18. The molecule has 0 saturated heterocycles. The Balaban J connectivity index is 1.08. The van der Waals surface area contributed by atoms with Crippen molar-refractivity contribution in [1.29, 1.82) is 0 Å². The van der Waals surface area contributed by atoms with Gasteiger partial charge in [0.2, 0.25) is 0 Å². The van der Waals surface area contributed by atoms with Crippen molar-refractivity contribution in [1.82, 2.24) is 10.1 Å². The number of carbonyl (C=O) groups is 6. The van der Waals surface area contributed by atoms with Gasteiger partial charge in [0.05, 0.1) is 33.4 Å². The highest BCUT2D eigenvalue weighted by atomic mass is 16.7. The topological polar surface area (TPSA) is 127 Å². The fourth-order valence-corrected chi connectivity index (χ4v) is 5.20. The first-order valence-corrected chi connectivity index (χ1v) is 12.7. The van der Waals surface area contributed by atoms with E-state index in [2.05, 4.69) is 0 Å². The van der Waals surface area contributed by atoms with Crippen LogP contribution in [0.15, 0.2) is 97.1 Å². The van der Waals surface area contributed by atoms with Crippen LogP contribution in [0.3, 0.4) is 0 Å². The molecule has 0 saturated carbocycles. The van der Waals surface area contributed by atoms with Crippen molar-refractivity contribution < 1.29 is 38.4 Å². The number of hydrogen-bond donors (Lipinski definition) is 0. The molecule has 7 rings (SSSR count). The summed E-state index contributed by atoms with van der Waals surface area (Å²) in [6, 6.07) is 24.8. The predicted molar refractivity (Wildman–Crippen MR) is 146 cm³/mol. The van der Waals surface area contributed by atoms with E-state index in [4.69, 9.17) is 9.68 Å². The molecule has 0 unspecified atom stereocenters. The van der Waals surface area contributed by atoms with Gasteiger partial charge in [0.1, 0.15) is 0 Å². The summed E-state index contributed by atoms with van der Waals surface area (Å²) in [5, 5.41) is 3.19. The predicted octanol–water partition coefficient (Wildman–Crippen LogP) is 4.73. The van der Waals surface area contributed by atoms with Crippen molar-refractivity contribution in [2.24, 2.45) is 0 Å². The second kappa shape index (κ2) is 9.20. The smallest absolute Gasteiger partial charge is 0.324 e. The molecule has 0 aromatic heterocycles. The monoisotopic (exact) mass is 556 g/mol. The molecule has 4 amide bonds. The maximum atomic E-state index is 13.0. The lowest BCUT2D eigenvalue weighted by molar-refractivity contribution is -0.0623. The Bertz CT molecular complexity index is 1820. The zero-order valence-corrected chi connectivity index (χ0v) is 21.4. The number of carbonyl (C=O) groups excluding carboxylic acids is 6. The zero-order valence-electron chi connectivity index (χ0n) is 21.4. The molecule has 5 aromatic carbocycles. The van der Waals surface area contributed by atoms with E-state index in [0.29, 0.717) is 31.7 Å². The van der Waals surface area contributed by atoms with Gasteiger partial charge < -0.3 is 9.68 Å². The first-order chi connectivity index (χ1) is 20.3. The van der Waals surface area contributed by atoms with Gasteiger partial charge in [0, 0.05) is 10.8 Å². The summed E-state index contributed by atoms with van der Waals surface area (Å²) in [6.45, 7) is 0. The molecule has 0 aliphatic carbocycles. The second-order valence-corrected chi connectivity index (χ2v) is 9.56. The number of hydroxylamine groups is 4. The van der Waals surface area contributed by atoms with E-state index in [1.54, 1.807) is 72.8 Å². The minimum atomic E-state index is -1.02. The Morgan fingerprint density at radius 1 is 0.429 bits per heavy atom. The van der Waals surface area contributed by atoms with E-state index in [1.807, 2.05) is 0 Å². The maximum absolute atomic E-state index is 13.0. The maximum Gasteiger partial charge on any atom is 0.363 e. The molecule has 5 aromatic rings. The number of imide groups is 2. The molecule has 2 heterocycles. The molecule has 2 aliphatic heterocycles. The van der Waals surface area contributed by atoms with Gasteiger partial charge in [-0.2, -0.15) is 0 Å². The van der Waals surface area contributed by atoms with E-state index >= 15 is 0 Å². The highest BCUT2D eigenvalue weighted by Crippen LogP contribution is 2.32. The molecule has 0 spiro atoms. The molecule has 0 N–H and O–H groups in total. The lowest BCUT2D eigenvalue weighted by Gasteiger charge is -2.25. The summed E-state index contributed by atoms with van der Waals surface area (Å²) in [6.07, 6.45) is 0. The van der Waals surface area contributed by atoms with Gasteiger partial charge in [-0.05, 0) is 59.3 Å². The highest BCUT2D eigenvalue weighted by molar-refractivity contribution is 6.26. The molecule has 0 bridgehead atoms. The van der Waals surface area contributed by atoms with Crippen LogP contribution in [0.5, 0.6) is 0 Å². The van der Waals surface area contributed by atoms with E-state index in [-0.39, 0.29) is 33.4 Å². The average Bonchev–Trinajstić information content (AvgIpc) is 3.02. The fourth-order valence-electron chi connectivity index (χ4n) is 5.20. The van der Waals surface area contributed by atoms with Gasteiger partial charge in [-0.3, -0.25) is 19.2 Å². The first-order valence-electron chi connectivity index (χ1n) is 12.7. The highest BCUT2D eigenvalue weighted by Gasteiger charge is 2.37. The van der Waals surface area contributed by atoms with Crippen LogP contribution in [0.1, 0.15) is 62.1 Å². The molecule has 0 fully saturated rings. The summed E-state index contributed by atoms with van der Waals surface area (Å²) < 4.78 is 0. The Morgan fingerprint density at radius 3 is 1.00 bits per heavy atom. The molecule has 202 valence electrons. The SMILES string of the molecule is O=C(ON1C(=O)c2cccc3cccc(c23)C1=O)c1ccc(C(=O)ON2C(=O)c3cccc4cccc(c34)C2=O)cc1. The van der Waals surface area contributed by atoms with E-state index in [0.717, 1.165) is 0 Å². The third-order valence-corrected chi connectivity index (χ3v) is 7.17. The van der Waals surface area contributed by atoms with Gasteiger partial charge in [-0.1, -0.05) is 58.7 Å². The number of rotatable bonds is 4. The Labute approximate surface area is 236 Å². The third kappa shape index (κ3) is 3.66. The van der Waals surface area contributed by atoms with Crippen LogP contribution in [0.25, 0.3) is 21.5 Å². The molecule has 0 radical (unpaired) electrons. The van der Waals surface area contributed by atoms with Crippen LogP contribution in [-0.2, 0) is 9.68 Å². The fraction of sp³-hybridized carbons (Fsp3) is 0. The van der Waals surface area contributed by atoms with Crippen molar-refractivity contribution in [2.45, 2.75) is 0 Å². The van der Waals surface area contributed by atoms with E-state index < -0.39 is 35.6 Å². The molecular weight excluding hydrogens is 540 g/mol. The summed E-state index contributed by atoms with van der Waals surface area (Å²) in [5.41, 5.74) is 0.719. The largest absolute Gasteiger partial charge is 0.363 e. The first kappa shape index (κ1) is 24.9. The van der Waals surface area contributed by atoms with Crippen molar-refractivity contribution in [3.63, 3.8) is 0 Å². The minimum Gasteiger partial charge on any atom is -0.324 e. The quantitative estimate of drug-likeness (QED) is 0.291. The minimum absolute atomic E-state index is 0.0741. The normalized spacial score (nSPS) is 14.0. The van der Waals surface area contributed by atoms with Gasteiger partial charge in [-0.15, -0.1) is 0 Å². The Kier molecular flexibility index (Phi) is 5.45. The van der Waals surface area contributed by atoms with Crippen molar-refractivity contribution in [2.75, 3.05) is 0 Å². The van der Waals surface area contributed by atoms with Crippen LogP contribution >= 0.6 is 0 Å². The molecular formula is C32H16N2O8. The molecule has 10 heteroatoms. The lowest BCUT2D eigenvalue weighted by Crippen LogP contribution is -2.42. The zero-order chi connectivity index (χ0) is 29.1. The van der Waals surface area contributed by atoms with Crippen LogP contribution < -0.4 is 0 Å². The molecule has 42 heavy (non-hydrogen) atoms. The third-order valence-electron chi connectivity index (χ3n) is 7.17. The lowest BCUT2D eigenvalue weighted by atomic mass is 9.95. The molecule has 2 aliphatic rings. The van der Waals surface area contributed by atoms with Gasteiger partial charge in [-0.25, -0.2) is 9.59 Å². The Hall–Kier alpha value is -6.16. The van der Waals surface area contributed by atoms with Gasteiger partial charge in [0.15, 0.2) is 0 Å². The summed E-state index contributed by atoms with van der Waals surface area (Å²) in [4.78, 5) is 88.1. The standard InChI is InChI=1S/C32H16N2O8/c35-27-21-9-1-5-17-6-2-10-22(25(17)21)28(36)33(27)41-31(39)19-13-15-20(16-14-19)32(40)42-34-29(37)23-11-3-7-18-8-4-12-24(26(18)23)30(34)38/h1-16H.